The summed E-state index contributed by atoms with van der Waals surface area (Å²) < 4.78 is 21.8. The monoisotopic (exact) mass is 396 g/mol. The van der Waals surface area contributed by atoms with Crippen LogP contribution in [0.1, 0.15) is 0 Å². The molecule has 9 heteroatoms. The Labute approximate surface area is 85.1 Å². The fraction of sp³-hybridized carbons (Fsp3) is 1.00. The number of alkyl halides is 1. The third-order valence-electron chi connectivity index (χ3n) is 0.167. The predicted octanol–water partition coefficient (Wildman–Crippen LogP) is -0.645. The molecule has 0 saturated heterocycles. The van der Waals surface area contributed by atoms with Crippen molar-refractivity contribution in [3.05, 3.63) is 0 Å². The summed E-state index contributed by atoms with van der Waals surface area (Å²) in [7, 11) is -7.03. The molecule has 0 aromatic rings. The Hall–Kier alpha value is 1.57. The van der Waals surface area contributed by atoms with Gasteiger partial charge in [0.15, 0.2) is 0 Å². The molecule has 0 fully saturated rings. The molecule has 0 aliphatic heterocycles. The molecule has 0 N–H and O–H groups in total. The van der Waals surface area contributed by atoms with Gasteiger partial charge in [-0.05, 0) is 0 Å². The first kappa shape index (κ1) is 17.6. The van der Waals surface area contributed by atoms with Crippen molar-refractivity contribution < 1.29 is 50.9 Å². The second-order valence-corrected chi connectivity index (χ2v) is 2.42. The van der Waals surface area contributed by atoms with E-state index in [0.717, 1.165) is 0 Å². The van der Waals surface area contributed by atoms with Crippen molar-refractivity contribution in [3.8, 4) is 0 Å². The van der Waals surface area contributed by atoms with E-state index in [-0.39, 0.29) is 27.7 Å². The summed E-state index contributed by atoms with van der Waals surface area (Å²) in [5.74, 6) is 0. The van der Waals surface area contributed by atoms with E-state index >= 15 is 0 Å². The second-order valence-electron chi connectivity index (χ2n) is 0.602. The van der Waals surface area contributed by atoms with Crippen LogP contribution in [0.25, 0.3) is 0 Å². The largest absolute Gasteiger partial charge is 2.00 e. The Balaban J connectivity index is -0.000000149. The molecule has 5 nitrogen and oxygen atoms in total. The SMILES string of the molecule is CCl.O=[PH]([O-])O[PH](=O)[O-].[Hg+2]. The predicted molar refractivity (Wildman–Crippen MR) is 30.9 cm³/mol. The second kappa shape index (κ2) is 13.2. The number of halogens is 1. The van der Waals surface area contributed by atoms with Crippen LogP contribution in [-0.2, 0) is 41.1 Å². The molecule has 2 atom stereocenters. The van der Waals surface area contributed by atoms with Crippen LogP contribution >= 0.6 is 28.1 Å². The first-order valence-corrected chi connectivity index (χ1v) is 4.81. The van der Waals surface area contributed by atoms with Gasteiger partial charge in [0, 0.05) is 6.38 Å². The molecule has 0 rings (SSSR count). The fourth-order valence-corrected chi connectivity index (χ4v) is 0.612. The Morgan fingerprint density at radius 1 is 1.20 bits per heavy atom. The van der Waals surface area contributed by atoms with Crippen LogP contribution in [-0.4, -0.2) is 6.38 Å². The summed E-state index contributed by atoms with van der Waals surface area (Å²) in [5, 5.41) is 0. The number of hydrogen-bond acceptors (Lipinski definition) is 5. The van der Waals surface area contributed by atoms with Gasteiger partial charge in [-0.25, -0.2) is 0 Å². The van der Waals surface area contributed by atoms with Crippen molar-refractivity contribution in [2.75, 3.05) is 6.38 Å². The van der Waals surface area contributed by atoms with E-state index < -0.39 is 16.5 Å². The van der Waals surface area contributed by atoms with Crippen molar-refractivity contribution >= 4 is 28.1 Å². The van der Waals surface area contributed by atoms with Crippen LogP contribution in [0.2, 0.25) is 0 Å². The zero-order valence-corrected chi connectivity index (χ0v) is 13.4. The van der Waals surface area contributed by atoms with Crippen LogP contribution < -0.4 is 9.79 Å². The minimum atomic E-state index is -3.51. The normalized spacial score (nSPS) is 13.6. The van der Waals surface area contributed by atoms with Gasteiger partial charge in [0.05, 0.1) is 0 Å². The van der Waals surface area contributed by atoms with E-state index in [1.807, 2.05) is 0 Å². The van der Waals surface area contributed by atoms with Crippen LogP contribution in [0.15, 0.2) is 0 Å². The smallest absolute Gasteiger partial charge is 0.781 e. The van der Waals surface area contributed by atoms with Gasteiger partial charge in [0.25, 0.3) is 0 Å². The Kier molecular flexibility index (Phi) is 23.2. The van der Waals surface area contributed by atoms with E-state index in [4.69, 9.17) is 0 Å². The van der Waals surface area contributed by atoms with E-state index in [1.54, 1.807) is 0 Å². The van der Waals surface area contributed by atoms with Gasteiger partial charge in [-0.2, -0.15) is 0 Å². The summed E-state index contributed by atoms with van der Waals surface area (Å²) in [4.78, 5) is 18.6. The number of hydrogen-bond donors (Lipinski definition) is 0. The third-order valence-corrected chi connectivity index (χ3v) is 1.50. The Morgan fingerprint density at radius 3 is 1.40 bits per heavy atom. The molecule has 0 bridgehead atoms. The average Bonchev–Trinajstić information content (AvgIpc) is 1.68. The molecule has 0 heterocycles. The molecule has 0 amide bonds. The van der Waals surface area contributed by atoms with E-state index in [0.29, 0.717) is 0 Å². The van der Waals surface area contributed by atoms with Crippen molar-refractivity contribution in [1.29, 1.82) is 0 Å². The van der Waals surface area contributed by atoms with Gasteiger partial charge >= 0.3 is 27.7 Å². The topological polar surface area (TPSA) is 89.5 Å². The van der Waals surface area contributed by atoms with Gasteiger partial charge < -0.3 is 18.9 Å². The van der Waals surface area contributed by atoms with Crippen LogP contribution in [0.5, 0.6) is 0 Å². The molecule has 0 spiro atoms. The van der Waals surface area contributed by atoms with Crippen molar-refractivity contribution in [2.45, 2.75) is 0 Å². The zero-order valence-electron chi connectivity index (χ0n) is 5.13. The molecular weight excluding hydrogens is 390 g/mol. The van der Waals surface area contributed by atoms with E-state index in [2.05, 4.69) is 15.9 Å². The average molecular weight is 395 g/mol. The summed E-state index contributed by atoms with van der Waals surface area (Å²) in [5.41, 5.74) is 0. The summed E-state index contributed by atoms with van der Waals surface area (Å²) in [6.07, 6.45) is 1.47. The van der Waals surface area contributed by atoms with Gasteiger partial charge in [0.2, 0.25) is 0 Å². The van der Waals surface area contributed by atoms with E-state index in [1.165, 1.54) is 6.38 Å². The molecular formula is CH5ClHgO5P2. The molecule has 0 saturated carbocycles. The molecule has 0 aliphatic carbocycles. The Morgan fingerprint density at radius 2 is 1.40 bits per heavy atom. The molecule has 58 valence electrons. The van der Waals surface area contributed by atoms with Crippen molar-refractivity contribution in [2.24, 2.45) is 0 Å². The maximum Gasteiger partial charge on any atom is 2.00 e. The molecule has 0 aromatic carbocycles. The maximum absolute atomic E-state index is 9.29. The zero-order chi connectivity index (χ0) is 7.86. The van der Waals surface area contributed by atoms with Crippen LogP contribution in [0.3, 0.4) is 0 Å². The summed E-state index contributed by atoms with van der Waals surface area (Å²) >= 11 is 4.64. The molecule has 0 aliphatic rings. The standard InChI is InChI=1S/CH3Cl.Hg.H4O5P2/c1-2;;1-6(2)5-7(3)4/h1H3;;6-7H,(H,1,2)(H,3,4)/q;+2;/p-2. The van der Waals surface area contributed by atoms with Crippen LogP contribution in [0, 0.1) is 0 Å². The minimum Gasteiger partial charge on any atom is -0.781 e. The first-order valence-electron chi connectivity index (χ1n) is 1.60. The summed E-state index contributed by atoms with van der Waals surface area (Å²) in [6.45, 7) is 0. The van der Waals surface area contributed by atoms with Gasteiger partial charge in [-0.3, -0.25) is 4.31 Å². The third kappa shape index (κ3) is 22.7. The van der Waals surface area contributed by atoms with Crippen LogP contribution in [0.4, 0.5) is 0 Å². The minimum absolute atomic E-state index is 0. The maximum atomic E-state index is 9.29. The molecule has 0 radical (unpaired) electrons. The van der Waals surface area contributed by atoms with Crippen molar-refractivity contribution in [1.82, 2.24) is 0 Å². The van der Waals surface area contributed by atoms with Gasteiger partial charge in [-0.1, -0.05) is 0 Å². The quantitative estimate of drug-likeness (QED) is 0.353. The first-order chi connectivity index (χ1) is 4.13. The number of rotatable bonds is 2. The fourth-order valence-electron chi connectivity index (χ4n) is 0.0680. The molecule has 2 unspecified atom stereocenters. The van der Waals surface area contributed by atoms with E-state index in [9.17, 15) is 18.9 Å². The molecule has 10 heavy (non-hydrogen) atoms. The Bertz CT molecular complexity index is 95.8. The molecule has 0 aromatic heterocycles. The van der Waals surface area contributed by atoms with Crippen molar-refractivity contribution in [3.63, 3.8) is 0 Å². The van der Waals surface area contributed by atoms with Gasteiger partial charge in [-0.15, -0.1) is 11.6 Å². The summed E-state index contributed by atoms with van der Waals surface area (Å²) in [6, 6.07) is 0. The van der Waals surface area contributed by atoms with Gasteiger partial charge in [0.1, 0.15) is 16.5 Å².